The topological polar surface area (TPSA) is 86.4 Å². The minimum absolute atomic E-state index is 0.0236. The Labute approximate surface area is 155 Å². The van der Waals surface area contributed by atoms with Crippen LogP contribution in [0.15, 0.2) is 29.1 Å². The first-order valence-electron chi connectivity index (χ1n) is 9.23. The minimum Gasteiger partial charge on any atom is -0.469 e. The van der Waals surface area contributed by atoms with E-state index in [9.17, 15) is 9.59 Å². The molecule has 140 valence electrons. The molecule has 0 saturated carbocycles. The van der Waals surface area contributed by atoms with Crippen LogP contribution < -0.4 is 15.2 Å². The van der Waals surface area contributed by atoms with Gasteiger partial charge in [-0.25, -0.2) is 0 Å². The summed E-state index contributed by atoms with van der Waals surface area (Å²) < 4.78 is 7.23. The third-order valence-electron chi connectivity index (χ3n) is 5.39. The van der Waals surface area contributed by atoms with Gasteiger partial charge in [-0.2, -0.15) is 0 Å². The number of benzene rings is 1. The van der Waals surface area contributed by atoms with E-state index in [1.54, 1.807) is 13.1 Å². The van der Waals surface area contributed by atoms with Gasteiger partial charge in [0, 0.05) is 31.9 Å². The Hall–Kier alpha value is -3.16. The molecule has 0 spiro atoms. The third-order valence-corrected chi connectivity index (χ3v) is 5.39. The molecular formula is C19H21N5O3. The van der Waals surface area contributed by atoms with Crippen LogP contribution in [-0.2, 0) is 7.05 Å². The second-order valence-electron chi connectivity index (χ2n) is 7.16. The van der Waals surface area contributed by atoms with Crippen LogP contribution >= 0.6 is 0 Å². The Kier molecular flexibility index (Phi) is 3.53. The van der Waals surface area contributed by atoms with Crippen LogP contribution in [0.3, 0.4) is 0 Å². The van der Waals surface area contributed by atoms with E-state index in [0.717, 1.165) is 43.0 Å². The standard InChI is InChI=1S/C19H21N5O3/c1-22-18(25)13-6-5-12(9-14(13)21-22)24-11-27-16-10-15(20-17(16)24)19(26)23-7-3-2-4-8-23/h5-6,9-10,20-21H,2-4,7-8,11H2,1H3. The maximum atomic E-state index is 12.7. The zero-order valence-corrected chi connectivity index (χ0v) is 15.1. The van der Waals surface area contributed by atoms with Gasteiger partial charge >= 0.3 is 0 Å². The molecule has 5 rings (SSSR count). The van der Waals surface area contributed by atoms with Crippen molar-refractivity contribution in [2.45, 2.75) is 19.3 Å². The molecule has 0 aliphatic carbocycles. The molecule has 1 saturated heterocycles. The highest BCUT2D eigenvalue weighted by Gasteiger charge is 2.29. The van der Waals surface area contributed by atoms with Gasteiger partial charge in [-0.1, -0.05) is 0 Å². The summed E-state index contributed by atoms with van der Waals surface area (Å²) in [5.74, 6) is 1.47. The van der Waals surface area contributed by atoms with E-state index in [-0.39, 0.29) is 11.5 Å². The lowest BCUT2D eigenvalue weighted by molar-refractivity contribution is 0.0719. The summed E-state index contributed by atoms with van der Waals surface area (Å²) in [6.45, 7) is 1.98. The number of likely N-dealkylation sites (tertiary alicyclic amines) is 1. The molecule has 1 fully saturated rings. The maximum absolute atomic E-state index is 12.7. The third kappa shape index (κ3) is 2.51. The number of carbonyl (C=O) groups excluding carboxylic acids is 1. The van der Waals surface area contributed by atoms with Crippen molar-refractivity contribution in [3.8, 4) is 5.75 Å². The van der Waals surface area contributed by atoms with Crippen molar-refractivity contribution in [1.82, 2.24) is 19.7 Å². The average Bonchev–Trinajstić information content (AvgIpc) is 3.35. The molecule has 2 aliphatic rings. The van der Waals surface area contributed by atoms with E-state index < -0.39 is 0 Å². The summed E-state index contributed by atoms with van der Waals surface area (Å²) in [5, 5.41) is 3.69. The van der Waals surface area contributed by atoms with Crippen molar-refractivity contribution in [3.63, 3.8) is 0 Å². The van der Waals surface area contributed by atoms with E-state index in [0.29, 0.717) is 23.6 Å². The molecule has 0 radical (unpaired) electrons. The fraction of sp³-hybridized carbons (Fsp3) is 0.368. The van der Waals surface area contributed by atoms with Gasteiger partial charge in [0.2, 0.25) is 0 Å². The highest BCUT2D eigenvalue weighted by molar-refractivity contribution is 5.95. The molecule has 0 atom stereocenters. The Morgan fingerprint density at radius 3 is 2.78 bits per heavy atom. The van der Waals surface area contributed by atoms with Crippen molar-refractivity contribution >= 4 is 28.3 Å². The van der Waals surface area contributed by atoms with Gasteiger partial charge in [0.25, 0.3) is 11.5 Å². The van der Waals surface area contributed by atoms with Gasteiger partial charge in [-0.05, 0) is 37.5 Å². The minimum atomic E-state index is -0.0517. The number of hydrogen-bond acceptors (Lipinski definition) is 4. The van der Waals surface area contributed by atoms with Crippen molar-refractivity contribution in [2.24, 2.45) is 7.05 Å². The van der Waals surface area contributed by atoms with Crippen LogP contribution in [0.1, 0.15) is 29.8 Å². The lowest BCUT2D eigenvalue weighted by Gasteiger charge is -2.26. The summed E-state index contributed by atoms with van der Waals surface area (Å²) >= 11 is 0. The molecule has 0 unspecified atom stereocenters. The number of fused-ring (bicyclic) bond motifs is 2. The first-order valence-corrected chi connectivity index (χ1v) is 9.23. The smallest absolute Gasteiger partial charge is 0.274 e. The first kappa shape index (κ1) is 16.0. The second kappa shape index (κ2) is 5.94. The summed E-state index contributed by atoms with van der Waals surface area (Å²) in [4.78, 5) is 31.9. The highest BCUT2D eigenvalue weighted by Crippen LogP contribution is 2.39. The molecule has 27 heavy (non-hydrogen) atoms. The summed E-state index contributed by atoms with van der Waals surface area (Å²) in [6.07, 6.45) is 3.31. The van der Waals surface area contributed by atoms with E-state index in [4.69, 9.17) is 4.74 Å². The Balaban J connectivity index is 1.47. The van der Waals surface area contributed by atoms with E-state index >= 15 is 0 Å². The van der Waals surface area contributed by atoms with Gasteiger partial charge < -0.3 is 14.6 Å². The number of hydrogen-bond donors (Lipinski definition) is 2. The average molecular weight is 367 g/mol. The fourth-order valence-corrected chi connectivity index (χ4v) is 3.91. The number of amides is 1. The number of carbonyl (C=O) groups is 1. The second-order valence-corrected chi connectivity index (χ2v) is 7.16. The highest BCUT2D eigenvalue weighted by atomic mass is 16.5. The van der Waals surface area contributed by atoms with Gasteiger partial charge in [0.05, 0.1) is 10.9 Å². The van der Waals surface area contributed by atoms with Gasteiger partial charge in [0.15, 0.2) is 18.3 Å². The van der Waals surface area contributed by atoms with E-state index in [2.05, 4.69) is 10.1 Å². The summed E-state index contributed by atoms with van der Waals surface area (Å²) in [6, 6.07) is 7.41. The van der Waals surface area contributed by atoms with E-state index in [1.165, 1.54) is 11.1 Å². The molecular weight excluding hydrogens is 346 g/mol. The van der Waals surface area contributed by atoms with Crippen molar-refractivity contribution in [3.05, 3.63) is 40.3 Å². The number of anilines is 2. The number of nitrogens with zero attached hydrogens (tertiary/aromatic N) is 3. The Morgan fingerprint density at radius 2 is 1.96 bits per heavy atom. The molecule has 3 aromatic rings. The van der Waals surface area contributed by atoms with Crippen LogP contribution in [0.25, 0.3) is 10.9 Å². The molecule has 8 nitrogen and oxygen atoms in total. The predicted octanol–water partition coefficient (Wildman–Crippen LogP) is 2.31. The number of aryl methyl sites for hydroxylation is 1. The molecule has 8 heteroatoms. The first-order chi connectivity index (χ1) is 13.1. The van der Waals surface area contributed by atoms with Crippen LogP contribution in [0.4, 0.5) is 11.5 Å². The molecule has 1 aromatic carbocycles. The van der Waals surface area contributed by atoms with E-state index in [1.807, 2.05) is 28.0 Å². The monoisotopic (exact) mass is 367 g/mol. The number of rotatable bonds is 2. The molecule has 4 heterocycles. The zero-order chi connectivity index (χ0) is 18.5. The fourth-order valence-electron chi connectivity index (χ4n) is 3.91. The number of piperidine rings is 1. The van der Waals surface area contributed by atoms with Crippen LogP contribution in [-0.4, -0.2) is 45.4 Å². The Bertz CT molecular complexity index is 1090. The largest absolute Gasteiger partial charge is 0.469 e. The number of ether oxygens (including phenoxy) is 1. The number of nitrogens with one attached hydrogen (secondary N) is 2. The quantitative estimate of drug-likeness (QED) is 0.728. The maximum Gasteiger partial charge on any atom is 0.274 e. The molecule has 2 aliphatic heterocycles. The van der Waals surface area contributed by atoms with Gasteiger partial charge in [-0.3, -0.25) is 24.3 Å². The van der Waals surface area contributed by atoms with Crippen LogP contribution in [0, 0.1) is 0 Å². The number of aromatic amines is 2. The van der Waals surface area contributed by atoms with Crippen LogP contribution in [0.2, 0.25) is 0 Å². The van der Waals surface area contributed by atoms with Gasteiger partial charge in [-0.15, -0.1) is 0 Å². The lowest BCUT2D eigenvalue weighted by Crippen LogP contribution is -2.35. The molecule has 0 bridgehead atoms. The van der Waals surface area contributed by atoms with Gasteiger partial charge in [0.1, 0.15) is 5.69 Å². The van der Waals surface area contributed by atoms with Crippen LogP contribution in [0.5, 0.6) is 5.75 Å². The number of H-pyrrole nitrogens is 2. The molecule has 1 amide bonds. The Morgan fingerprint density at radius 1 is 1.15 bits per heavy atom. The summed E-state index contributed by atoms with van der Waals surface area (Å²) in [7, 11) is 1.70. The van der Waals surface area contributed by atoms with Crippen molar-refractivity contribution in [1.29, 1.82) is 0 Å². The number of aromatic nitrogens is 3. The molecule has 2 aromatic heterocycles. The van der Waals surface area contributed by atoms with Crippen molar-refractivity contribution in [2.75, 3.05) is 24.7 Å². The molecule has 2 N–H and O–H groups in total. The van der Waals surface area contributed by atoms with Crippen molar-refractivity contribution < 1.29 is 9.53 Å². The normalized spacial score (nSPS) is 16.6. The zero-order valence-electron chi connectivity index (χ0n) is 15.1. The summed E-state index contributed by atoms with van der Waals surface area (Å²) in [5.41, 5.74) is 2.16. The predicted molar refractivity (Wildman–Crippen MR) is 102 cm³/mol. The SMILES string of the molecule is Cn1[nH]c2cc(N3COc4cc(C(=O)N5CCCCC5)[nH]c43)ccc2c1=O. The lowest BCUT2D eigenvalue weighted by atomic mass is 10.1.